The van der Waals surface area contributed by atoms with Crippen LogP contribution in [0.3, 0.4) is 0 Å². The van der Waals surface area contributed by atoms with Crippen molar-refractivity contribution < 1.29 is 0 Å². The molecule has 0 bridgehead atoms. The van der Waals surface area contributed by atoms with Crippen LogP contribution in [-0.4, -0.2) is 50.7 Å². The normalized spacial score (nSPS) is 22.7. The van der Waals surface area contributed by atoms with Gasteiger partial charge < -0.3 is 15.1 Å². The molecule has 1 N–H and O–H groups in total. The lowest BCUT2D eigenvalue weighted by Gasteiger charge is -2.29. The molecule has 3 heteroatoms. The van der Waals surface area contributed by atoms with Crippen LogP contribution in [0.2, 0.25) is 0 Å². The minimum Gasteiger partial charge on any atom is -0.370 e. The van der Waals surface area contributed by atoms with Gasteiger partial charge in [-0.05, 0) is 56.9 Å². The van der Waals surface area contributed by atoms with Gasteiger partial charge in [-0.1, -0.05) is 18.2 Å². The SMILES string of the molecule is c1ccc(N2CCCN(CC3CCNCC3)CC2)cc1. The lowest BCUT2D eigenvalue weighted by molar-refractivity contribution is 0.216. The third-order valence-electron chi connectivity index (χ3n) is 4.68. The summed E-state index contributed by atoms with van der Waals surface area (Å²) < 4.78 is 0. The van der Waals surface area contributed by atoms with Gasteiger partial charge in [-0.15, -0.1) is 0 Å². The van der Waals surface area contributed by atoms with Gasteiger partial charge in [0.15, 0.2) is 0 Å². The Labute approximate surface area is 123 Å². The first-order chi connectivity index (χ1) is 9.92. The zero-order valence-corrected chi connectivity index (χ0v) is 12.4. The largest absolute Gasteiger partial charge is 0.370 e. The van der Waals surface area contributed by atoms with Gasteiger partial charge in [0.25, 0.3) is 0 Å². The van der Waals surface area contributed by atoms with E-state index in [9.17, 15) is 0 Å². The molecule has 110 valence electrons. The zero-order chi connectivity index (χ0) is 13.6. The summed E-state index contributed by atoms with van der Waals surface area (Å²) in [5.41, 5.74) is 1.39. The van der Waals surface area contributed by atoms with Crippen molar-refractivity contribution >= 4 is 5.69 Å². The minimum atomic E-state index is 0.916. The third-order valence-corrected chi connectivity index (χ3v) is 4.68. The molecule has 0 saturated carbocycles. The summed E-state index contributed by atoms with van der Waals surface area (Å²) >= 11 is 0. The van der Waals surface area contributed by atoms with Gasteiger partial charge in [-0.2, -0.15) is 0 Å². The highest BCUT2D eigenvalue weighted by atomic mass is 15.2. The van der Waals surface area contributed by atoms with Crippen LogP contribution in [0.25, 0.3) is 0 Å². The van der Waals surface area contributed by atoms with Crippen molar-refractivity contribution in [2.24, 2.45) is 5.92 Å². The summed E-state index contributed by atoms with van der Waals surface area (Å²) in [6.07, 6.45) is 4.01. The van der Waals surface area contributed by atoms with E-state index in [4.69, 9.17) is 0 Å². The Morgan fingerprint density at radius 3 is 2.55 bits per heavy atom. The molecule has 2 saturated heterocycles. The number of nitrogens with one attached hydrogen (secondary N) is 1. The number of anilines is 1. The van der Waals surface area contributed by atoms with Crippen molar-refractivity contribution in [2.45, 2.75) is 19.3 Å². The highest BCUT2D eigenvalue weighted by Gasteiger charge is 2.19. The topological polar surface area (TPSA) is 18.5 Å². The maximum absolute atomic E-state index is 3.47. The molecular formula is C17H27N3. The molecule has 0 amide bonds. The van der Waals surface area contributed by atoms with Crippen LogP contribution in [0.4, 0.5) is 5.69 Å². The summed E-state index contributed by atoms with van der Waals surface area (Å²) in [5.74, 6) is 0.916. The minimum absolute atomic E-state index is 0.916. The highest BCUT2D eigenvalue weighted by molar-refractivity contribution is 5.46. The second-order valence-corrected chi connectivity index (χ2v) is 6.17. The van der Waals surface area contributed by atoms with Crippen LogP contribution in [-0.2, 0) is 0 Å². The fourth-order valence-electron chi connectivity index (χ4n) is 3.48. The van der Waals surface area contributed by atoms with E-state index in [2.05, 4.69) is 45.4 Å². The van der Waals surface area contributed by atoms with E-state index in [1.165, 1.54) is 70.8 Å². The van der Waals surface area contributed by atoms with Gasteiger partial charge in [-0.25, -0.2) is 0 Å². The van der Waals surface area contributed by atoms with E-state index >= 15 is 0 Å². The van der Waals surface area contributed by atoms with Crippen molar-refractivity contribution in [3.8, 4) is 0 Å². The molecule has 3 nitrogen and oxygen atoms in total. The van der Waals surface area contributed by atoms with Gasteiger partial charge >= 0.3 is 0 Å². The number of rotatable bonds is 3. The maximum atomic E-state index is 3.47. The van der Waals surface area contributed by atoms with Gasteiger partial charge in [0.1, 0.15) is 0 Å². The van der Waals surface area contributed by atoms with E-state index in [1.54, 1.807) is 0 Å². The quantitative estimate of drug-likeness (QED) is 0.911. The molecule has 0 spiro atoms. The predicted octanol–water partition coefficient (Wildman–Crippen LogP) is 2.20. The van der Waals surface area contributed by atoms with Gasteiger partial charge in [0, 0.05) is 31.9 Å². The van der Waals surface area contributed by atoms with Crippen LogP contribution in [0.5, 0.6) is 0 Å². The van der Waals surface area contributed by atoms with Crippen LogP contribution >= 0.6 is 0 Å². The molecule has 0 atom stereocenters. The van der Waals surface area contributed by atoms with E-state index in [0.717, 1.165) is 5.92 Å². The summed E-state index contributed by atoms with van der Waals surface area (Å²) in [7, 11) is 0. The monoisotopic (exact) mass is 273 g/mol. The van der Waals surface area contributed by atoms with Crippen molar-refractivity contribution in [3.63, 3.8) is 0 Å². The molecule has 0 aromatic heterocycles. The summed E-state index contributed by atoms with van der Waals surface area (Å²) in [4.78, 5) is 5.24. The summed E-state index contributed by atoms with van der Waals surface area (Å²) in [6, 6.07) is 10.9. The van der Waals surface area contributed by atoms with Gasteiger partial charge in [0.05, 0.1) is 0 Å². The van der Waals surface area contributed by atoms with Crippen LogP contribution in [0, 0.1) is 5.92 Å². The zero-order valence-electron chi connectivity index (χ0n) is 12.4. The molecule has 3 rings (SSSR count). The van der Waals surface area contributed by atoms with Gasteiger partial charge in [-0.3, -0.25) is 0 Å². The Balaban J connectivity index is 1.51. The molecule has 20 heavy (non-hydrogen) atoms. The number of hydrogen-bond donors (Lipinski definition) is 1. The average molecular weight is 273 g/mol. The Kier molecular flexibility index (Phi) is 4.93. The fraction of sp³-hybridized carbons (Fsp3) is 0.647. The number of benzene rings is 1. The Bertz CT molecular complexity index is 386. The number of hydrogen-bond acceptors (Lipinski definition) is 3. The Morgan fingerprint density at radius 1 is 0.950 bits per heavy atom. The van der Waals surface area contributed by atoms with E-state index in [-0.39, 0.29) is 0 Å². The summed E-state index contributed by atoms with van der Waals surface area (Å²) in [5, 5.41) is 3.47. The maximum Gasteiger partial charge on any atom is 0.0366 e. The second-order valence-electron chi connectivity index (χ2n) is 6.17. The standard InChI is InChI=1S/C17H27N3/c1-2-5-17(6-3-1)20-12-4-11-19(13-14-20)15-16-7-9-18-10-8-16/h1-3,5-6,16,18H,4,7-15H2. The number of nitrogens with zero attached hydrogens (tertiary/aromatic N) is 2. The Hall–Kier alpha value is -1.06. The number of para-hydroxylation sites is 1. The first-order valence-corrected chi connectivity index (χ1v) is 8.15. The first kappa shape index (κ1) is 13.9. The van der Waals surface area contributed by atoms with E-state index in [0.29, 0.717) is 0 Å². The molecule has 0 radical (unpaired) electrons. The molecular weight excluding hydrogens is 246 g/mol. The van der Waals surface area contributed by atoms with Gasteiger partial charge in [0.2, 0.25) is 0 Å². The highest BCUT2D eigenvalue weighted by Crippen LogP contribution is 2.18. The van der Waals surface area contributed by atoms with Crippen LogP contribution in [0.1, 0.15) is 19.3 Å². The summed E-state index contributed by atoms with van der Waals surface area (Å²) in [6.45, 7) is 8.61. The first-order valence-electron chi connectivity index (χ1n) is 8.15. The lowest BCUT2D eigenvalue weighted by atomic mass is 9.97. The lowest BCUT2D eigenvalue weighted by Crippen LogP contribution is -2.38. The van der Waals surface area contributed by atoms with E-state index in [1.807, 2.05) is 0 Å². The molecule has 2 fully saturated rings. The second kappa shape index (κ2) is 7.09. The van der Waals surface area contributed by atoms with Crippen molar-refractivity contribution in [2.75, 3.05) is 50.7 Å². The van der Waals surface area contributed by atoms with Crippen LogP contribution < -0.4 is 10.2 Å². The van der Waals surface area contributed by atoms with Crippen molar-refractivity contribution in [3.05, 3.63) is 30.3 Å². The molecule has 0 aliphatic carbocycles. The molecule has 2 aliphatic heterocycles. The number of piperidine rings is 1. The van der Waals surface area contributed by atoms with Crippen molar-refractivity contribution in [1.82, 2.24) is 10.2 Å². The predicted molar refractivity (Wildman–Crippen MR) is 85.3 cm³/mol. The van der Waals surface area contributed by atoms with Crippen LogP contribution in [0.15, 0.2) is 30.3 Å². The van der Waals surface area contributed by atoms with E-state index < -0.39 is 0 Å². The molecule has 1 aromatic rings. The third kappa shape index (κ3) is 3.74. The molecule has 2 heterocycles. The average Bonchev–Trinajstić information content (AvgIpc) is 2.75. The smallest absolute Gasteiger partial charge is 0.0366 e. The fourth-order valence-corrected chi connectivity index (χ4v) is 3.48. The molecule has 0 unspecified atom stereocenters. The van der Waals surface area contributed by atoms with Crippen molar-refractivity contribution in [1.29, 1.82) is 0 Å². The Morgan fingerprint density at radius 2 is 1.75 bits per heavy atom. The molecule has 1 aromatic carbocycles. The molecule has 2 aliphatic rings.